The SMILES string of the molecule is C[C@@H]1C[C@H](C(F)(F)F)n2nc(C3CCCN3C(=O)CC3C=CCC3)cc2N1.O=C(O)CC(O)(CC(=O)O)C(=O)O. The first-order chi connectivity index (χ1) is 18.6. The first kappa shape index (κ1) is 30.9. The van der Waals surface area contributed by atoms with Gasteiger partial charge in [0, 0.05) is 25.1 Å². The number of fused-ring (bicyclic) bond motifs is 1. The first-order valence-corrected chi connectivity index (χ1v) is 12.9. The minimum absolute atomic E-state index is 0.0427. The molecule has 1 fully saturated rings. The summed E-state index contributed by atoms with van der Waals surface area (Å²) in [6.07, 6.45) is 1.61. The summed E-state index contributed by atoms with van der Waals surface area (Å²) in [4.78, 5) is 45.1. The molecule has 0 aromatic carbocycles. The van der Waals surface area contributed by atoms with Gasteiger partial charge in [-0.1, -0.05) is 12.2 Å². The van der Waals surface area contributed by atoms with E-state index in [4.69, 9.17) is 20.4 Å². The minimum atomic E-state index is -4.34. The van der Waals surface area contributed by atoms with Gasteiger partial charge in [-0.2, -0.15) is 18.3 Å². The van der Waals surface area contributed by atoms with Crippen molar-refractivity contribution in [2.24, 2.45) is 5.92 Å². The molecule has 40 heavy (non-hydrogen) atoms. The molecule has 1 aromatic rings. The predicted molar refractivity (Wildman–Crippen MR) is 132 cm³/mol. The van der Waals surface area contributed by atoms with Crippen molar-refractivity contribution in [1.29, 1.82) is 0 Å². The van der Waals surface area contributed by atoms with Crippen molar-refractivity contribution < 1.29 is 52.8 Å². The van der Waals surface area contributed by atoms with Crippen molar-refractivity contribution in [3.05, 3.63) is 23.9 Å². The normalized spacial score (nSPS) is 24.1. The second-order valence-electron chi connectivity index (χ2n) is 10.4. The van der Waals surface area contributed by atoms with Crippen molar-refractivity contribution in [1.82, 2.24) is 14.7 Å². The molecule has 1 aromatic heterocycles. The number of likely N-dealkylation sites (tertiary alicyclic amines) is 1. The van der Waals surface area contributed by atoms with Gasteiger partial charge in [0.15, 0.2) is 11.6 Å². The first-order valence-electron chi connectivity index (χ1n) is 12.9. The number of carboxylic acid groups (broad SMARTS) is 3. The van der Waals surface area contributed by atoms with Crippen LogP contribution in [0.5, 0.6) is 0 Å². The largest absolute Gasteiger partial charge is 0.481 e. The average molecular weight is 575 g/mol. The Balaban J connectivity index is 0.000000289. The molecule has 5 N–H and O–H groups in total. The molecule has 1 saturated heterocycles. The second-order valence-corrected chi connectivity index (χ2v) is 10.4. The highest BCUT2D eigenvalue weighted by Gasteiger charge is 2.46. The third kappa shape index (κ3) is 7.52. The zero-order valence-corrected chi connectivity index (χ0v) is 21.8. The van der Waals surface area contributed by atoms with E-state index in [2.05, 4.69) is 22.6 Å². The van der Waals surface area contributed by atoms with Crippen LogP contribution in [0.15, 0.2) is 18.2 Å². The Hall–Kier alpha value is -3.62. The number of anilines is 1. The lowest BCUT2D eigenvalue weighted by molar-refractivity contribution is -0.173. The van der Waals surface area contributed by atoms with Gasteiger partial charge in [-0.25, -0.2) is 9.48 Å². The number of aromatic nitrogens is 2. The van der Waals surface area contributed by atoms with Gasteiger partial charge >= 0.3 is 24.1 Å². The molecule has 0 radical (unpaired) electrons. The number of amides is 1. The Kier molecular flexibility index (Phi) is 9.48. The van der Waals surface area contributed by atoms with Gasteiger partial charge in [0.2, 0.25) is 5.91 Å². The maximum absolute atomic E-state index is 13.5. The second kappa shape index (κ2) is 12.3. The fourth-order valence-corrected chi connectivity index (χ4v) is 5.23. The van der Waals surface area contributed by atoms with Crippen LogP contribution >= 0.6 is 0 Å². The summed E-state index contributed by atoms with van der Waals surface area (Å²) >= 11 is 0. The number of carbonyl (C=O) groups is 4. The lowest BCUT2D eigenvalue weighted by Gasteiger charge is -2.31. The van der Waals surface area contributed by atoms with Crippen LogP contribution in [0, 0.1) is 5.92 Å². The molecular weight excluding hydrogens is 541 g/mol. The van der Waals surface area contributed by atoms with E-state index in [9.17, 15) is 32.3 Å². The number of nitrogens with one attached hydrogen (secondary N) is 1. The number of alkyl halides is 3. The van der Waals surface area contributed by atoms with Gasteiger partial charge < -0.3 is 30.6 Å². The van der Waals surface area contributed by atoms with Crippen LogP contribution in [0.4, 0.5) is 19.0 Å². The third-order valence-corrected chi connectivity index (χ3v) is 7.15. The van der Waals surface area contributed by atoms with Crippen molar-refractivity contribution >= 4 is 29.6 Å². The Bertz CT molecular complexity index is 1140. The van der Waals surface area contributed by atoms with E-state index in [0.717, 1.165) is 30.4 Å². The lowest BCUT2D eigenvalue weighted by atomic mass is 9.96. The molecule has 2 aliphatic heterocycles. The minimum Gasteiger partial charge on any atom is -0.481 e. The van der Waals surface area contributed by atoms with Gasteiger partial charge in [-0.05, 0) is 44.9 Å². The Morgan fingerprint density at radius 3 is 2.27 bits per heavy atom. The molecule has 2 unspecified atom stereocenters. The van der Waals surface area contributed by atoms with E-state index < -0.39 is 48.6 Å². The number of aliphatic carboxylic acids is 3. The van der Waals surface area contributed by atoms with E-state index in [1.165, 1.54) is 0 Å². The van der Waals surface area contributed by atoms with E-state index >= 15 is 0 Å². The zero-order valence-electron chi connectivity index (χ0n) is 21.8. The van der Waals surface area contributed by atoms with E-state index in [1.807, 2.05) is 4.90 Å². The fourth-order valence-electron chi connectivity index (χ4n) is 5.23. The predicted octanol–water partition coefficient (Wildman–Crippen LogP) is 2.96. The van der Waals surface area contributed by atoms with Crippen molar-refractivity contribution in [3.63, 3.8) is 0 Å². The highest BCUT2D eigenvalue weighted by molar-refractivity contribution is 5.88. The van der Waals surface area contributed by atoms with Gasteiger partial charge in [0.25, 0.3) is 0 Å². The molecule has 4 rings (SSSR count). The topological polar surface area (TPSA) is 182 Å². The maximum atomic E-state index is 13.5. The average Bonchev–Trinajstić information content (AvgIpc) is 3.57. The van der Waals surface area contributed by atoms with Crippen LogP contribution in [-0.2, 0) is 19.2 Å². The number of hydrogen-bond acceptors (Lipinski definition) is 7. The number of halogens is 3. The molecule has 12 nitrogen and oxygen atoms in total. The summed E-state index contributed by atoms with van der Waals surface area (Å²) in [7, 11) is 0. The molecule has 0 bridgehead atoms. The van der Waals surface area contributed by atoms with Crippen molar-refractivity contribution in [3.8, 4) is 0 Å². The summed E-state index contributed by atoms with van der Waals surface area (Å²) in [5, 5.41) is 41.2. The molecule has 3 aliphatic rings. The zero-order chi connectivity index (χ0) is 29.8. The Labute approximate surface area is 227 Å². The van der Waals surface area contributed by atoms with Crippen molar-refractivity contribution in [2.75, 3.05) is 11.9 Å². The number of hydrogen-bond donors (Lipinski definition) is 5. The number of allylic oxidation sites excluding steroid dienone is 2. The maximum Gasteiger partial charge on any atom is 0.410 e. The van der Waals surface area contributed by atoms with Gasteiger partial charge in [0.05, 0.1) is 24.6 Å². The number of nitrogens with zero attached hydrogens (tertiary/aromatic N) is 3. The highest BCUT2D eigenvalue weighted by Crippen LogP contribution is 2.41. The van der Waals surface area contributed by atoms with Crippen LogP contribution < -0.4 is 5.32 Å². The Morgan fingerprint density at radius 1 is 1.10 bits per heavy atom. The molecule has 15 heteroatoms. The molecule has 4 atom stereocenters. The molecule has 1 amide bonds. The van der Waals surface area contributed by atoms with E-state index in [-0.39, 0.29) is 30.3 Å². The van der Waals surface area contributed by atoms with Crippen LogP contribution in [0.25, 0.3) is 0 Å². The Morgan fingerprint density at radius 2 is 1.75 bits per heavy atom. The molecule has 0 spiro atoms. The monoisotopic (exact) mass is 574 g/mol. The van der Waals surface area contributed by atoms with Crippen LogP contribution in [-0.4, -0.2) is 83.3 Å². The summed E-state index contributed by atoms with van der Waals surface area (Å²) in [6.45, 7) is 2.39. The quantitative estimate of drug-likeness (QED) is 0.290. The van der Waals surface area contributed by atoms with Crippen molar-refractivity contribution in [2.45, 2.75) is 88.2 Å². The van der Waals surface area contributed by atoms with Gasteiger partial charge in [-0.3, -0.25) is 14.4 Å². The number of aliphatic hydroxyl groups is 1. The van der Waals surface area contributed by atoms with Crippen LogP contribution in [0.2, 0.25) is 0 Å². The lowest BCUT2D eigenvalue weighted by Crippen LogP contribution is -2.42. The molecule has 3 heterocycles. The van der Waals surface area contributed by atoms with E-state index in [0.29, 0.717) is 24.5 Å². The summed E-state index contributed by atoms with van der Waals surface area (Å²) in [5.41, 5.74) is -2.17. The third-order valence-electron chi connectivity index (χ3n) is 7.15. The number of carboxylic acids is 3. The molecular formula is C25H33F3N4O8. The van der Waals surface area contributed by atoms with E-state index in [1.54, 1.807) is 13.0 Å². The van der Waals surface area contributed by atoms with Crippen LogP contribution in [0.3, 0.4) is 0 Å². The number of carbonyl (C=O) groups excluding carboxylic acids is 1. The summed E-state index contributed by atoms with van der Waals surface area (Å²) in [5.74, 6) is -4.27. The number of rotatable bonds is 8. The van der Waals surface area contributed by atoms with Gasteiger partial charge in [-0.15, -0.1) is 0 Å². The van der Waals surface area contributed by atoms with Gasteiger partial charge in [0.1, 0.15) is 5.82 Å². The standard InChI is InChI=1S/C19H25F3N4O.C6H8O7/c1-12-9-16(19(20,21)22)26-17(23-12)11-14(24-26)15-7-4-8-25(15)18(27)10-13-5-2-3-6-13;7-3(8)1-6(13,5(11)12)2-4(9)10/h2,5,11-13,15-16,23H,3-4,6-10H2,1H3;13H,1-2H2,(H,7,8)(H,9,10)(H,11,12)/t12-,13?,15?,16-;/m1./s1. The van der Waals surface area contributed by atoms with Crippen LogP contribution in [0.1, 0.15) is 76.1 Å². The fraction of sp³-hybridized carbons (Fsp3) is 0.640. The molecule has 1 aliphatic carbocycles. The molecule has 0 saturated carbocycles. The summed E-state index contributed by atoms with van der Waals surface area (Å²) < 4.78 is 41.4. The molecule has 222 valence electrons. The highest BCUT2D eigenvalue weighted by atomic mass is 19.4. The summed E-state index contributed by atoms with van der Waals surface area (Å²) in [6, 6.07) is -0.428. The smallest absolute Gasteiger partial charge is 0.410 e.